The average Bonchev–Trinajstić information content (AvgIpc) is 2.89. The zero-order chi connectivity index (χ0) is 14.9. The summed E-state index contributed by atoms with van der Waals surface area (Å²) in [7, 11) is -3.18. The van der Waals surface area contributed by atoms with Crippen LogP contribution < -0.4 is 0 Å². The summed E-state index contributed by atoms with van der Waals surface area (Å²) in [6, 6.07) is 0.604. The summed E-state index contributed by atoms with van der Waals surface area (Å²) in [4.78, 5) is 10.6. The van der Waals surface area contributed by atoms with E-state index in [0.29, 0.717) is 6.42 Å². The second kappa shape index (κ2) is 5.68. The van der Waals surface area contributed by atoms with Gasteiger partial charge in [-0.25, -0.2) is 17.2 Å². The minimum Gasteiger partial charge on any atom is -0.481 e. The third kappa shape index (κ3) is 3.48. The molecule has 1 aliphatic rings. The van der Waals surface area contributed by atoms with E-state index in [-0.39, 0.29) is 22.3 Å². The first-order valence-corrected chi connectivity index (χ1v) is 8.52. The lowest BCUT2D eigenvalue weighted by Crippen LogP contribution is -2.14. The average molecular weight is 326 g/mol. The van der Waals surface area contributed by atoms with Crippen molar-refractivity contribution in [2.24, 2.45) is 0 Å². The number of nitrogens with zero attached hydrogens (tertiary/aromatic N) is 2. The van der Waals surface area contributed by atoms with Crippen molar-refractivity contribution in [3.05, 3.63) is 11.8 Å². The predicted octanol–water partition coefficient (Wildman–Crippen LogP) is 1.36. The van der Waals surface area contributed by atoms with Crippen molar-refractivity contribution in [2.75, 3.05) is 17.3 Å². The van der Waals surface area contributed by atoms with Crippen molar-refractivity contribution in [1.29, 1.82) is 0 Å². The van der Waals surface area contributed by atoms with Gasteiger partial charge in [-0.3, -0.25) is 9.48 Å². The molecule has 10 heteroatoms. The van der Waals surface area contributed by atoms with Gasteiger partial charge in [0.1, 0.15) is 5.69 Å². The smallest absolute Gasteiger partial charge is 0.313 e. The Morgan fingerprint density at radius 3 is 2.80 bits per heavy atom. The van der Waals surface area contributed by atoms with Gasteiger partial charge >= 0.3 is 5.97 Å². The van der Waals surface area contributed by atoms with Crippen LogP contribution in [0.5, 0.6) is 0 Å². The molecular weight excluding hydrogens is 314 g/mol. The highest BCUT2D eigenvalue weighted by molar-refractivity contribution is 7.99. The molecule has 0 bridgehead atoms. The first kappa shape index (κ1) is 15.2. The molecule has 20 heavy (non-hydrogen) atoms. The van der Waals surface area contributed by atoms with Crippen LogP contribution in [-0.4, -0.2) is 46.5 Å². The molecule has 0 spiro atoms. The van der Waals surface area contributed by atoms with Crippen LogP contribution in [0.15, 0.2) is 11.1 Å². The number of halogens is 2. The fraction of sp³-hybridized carbons (Fsp3) is 0.600. The third-order valence-electron chi connectivity index (χ3n) is 2.84. The molecular formula is C10H12F2N2O4S2. The van der Waals surface area contributed by atoms with Crippen LogP contribution in [0.1, 0.15) is 24.6 Å². The highest BCUT2D eigenvalue weighted by atomic mass is 32.2. The Hall–Kier alpha value is -1.16. The summed E-state index contributed by atoms with van der Waals surface area (Å²) in [6.07, 6.45) is -2.48. The number of carboxylic acids is 1. The van der Waals surface area contributed by atoms with Gasteiger partial charge in [-0.1, -0.05) is 11.8 Å². The predicted molar refractivity (Wildman–Crippen MR) is 67.9 cm³/mol. The Kier molecular flexibility index (Phi) is 4.33. The van der Waals surface area contributed by atoms with Gasteiger partial charge in [0.05, 0.1) is 28.3 Å². The number of alkyl halides is 2. The number of sulfone groups is 1. The topological polar surface area (TPSA) is 89.3 Å². The monoisotopic (exact) mass is 326 g/mol. The molecule has 1 saturated heterocycles. The molecule has 0 amide bonds. The number of aliphatic carboxylic acids is 1. The van der Waals surface area contributed by atoms with Gasteiger partial charge in [-0.2, -0.15) is 5.10 Å². The molecule has 0 radical (unpaired) electrons. The van der Waals surface area contributed by atoms with E-state index in [1.54, 1.807) is 0 Å². The van der Waals surface area contributed by atoms with Crippen LogP contribution in [0.25, 0.3) is 0 Å². The van der Waals surface area contributed by atoms with Crippen molar-refractivity contribution in [3.8, 4) is 0 Å². The van der Waals surface area contributed by atoms with Gasteiger partial charge in [0.2, 0.25) is 0 Å². The van der Waals surface area contributed by atoms with Gasteiger partial charge in [0, 0.05) is 0 Å². The van der Waals surface area contributed by atoms with E-state index in [2.05, 4.69) is 5.10 Å². The van der Waals surface area contributed by atoms with E-state index in [1.165, 1.54) is 4.68 Å². The third-order valence-corrected chi connectivity index (χ3v) is 5.58. The van der Waals surface area contributed by atoms with Crippen LogP contribution in [-0.2, 0) is 14.6 Å². The molecule has 2 heterocycles. The summed E-state index contributed by atoms with van der Waals surface area (Å²) >= 11 is 0.853. The Balaban J connectivity index is 2.27. The van der Waals surface area contributed by atoms with Gasteiger partial charge in [0.15, 0.2) is 9.84 Å². The summed E-state index contributed by atoms with van der Waals surface area (Å²) in [5.74, 6) is -1.54. The van der Waals surface area contributed by atoms with Crippen LogP contribution in [0, 0.1) is 0 Å². The van der Waals surface area contributed by atoms with E-state index in [9.17, 15) is 22.0 Å². The number of carboxylic acid groups (broad SMARTS) is 1. The summed E-state index contributed by atoms with van der Waals surface area (Å²) in [6.45, 7) is 0. The maximum Gasteiger partial charge on any atom is 0.313 e. The number of thioether (sulfide) groups is 1. The molecule has 2 rings (SSSR count). The minimum atomic E-state index is -3.18. The number of hydrogen-bond acceptors (Lipinski definition) is 5. The standard InChI is InChI=1S/C10H12F2N2O4S2/c11-10(12)7-3-8(19-4-9(15)16)14(13-7)6-1-2-20(17,18)5-6/h3,6,10H,1-2,4-5H2,(H,15,16). The largest absolute Gasteiger partial charge is 0.481 e. The molecule has 1 aromatic rings. The van der Waals surface area contributed by atoms with Crippen molar-refractivity contribution < 1.29 is 27.1 Å². The number of hydrogen-bond donors (Lipinski definition) is 1. The van der Waals surface area contributed by atoms with Crippen LogP contribution in [0.2, 0.25) is 0 Å². The van der Waals surface area contributed by atoms with Gasteiger partial charge in [-0.05, 0) is 12.5 Å². The minimum absolute atomic E-state index is 0.00935. The molecule has 6 nitrogen and oxygen atoms in total. The van der Waals surface area contributed by atoms with Crippen molar-refractivity contribution in [1.82, 2.24) is 9.78 Å². The Labute approximate surface area is 118 Å². The van der Waals surface area contributed by atoms with E-state index < -0.39 is 34.0 Å². The van der Waals surface area contributed by atoms with E-state index >= 15 is 0 Å². The maximum atomic E-state index is 12.7. The quantitative estimate of drug-likeness (QED) is 0.822. The highest BCUT2D eigenvalue weighted by Crippen LogP contribution is 2.31. The first-order valence-electron chi connectivity index (χ1n) is 5.71. The number of carbonyl (C=O) groups is 1. The number of aromatic nitrogens is 2. The van der Waals surface area contributed by atoms with Gasteiger partial charge in [0.25, 0.3) is 6.43 Å². The molecule has 0 aromatic carbocycles. The second-order valence-electron chi connectivity index (χ2n) is 4.39. The Morgan fingerprint density at radius 1 is 1.60 bits per heavy atom. The van der Waals surface area contributed by atoms with Crippen molar-refractivity contribution >= 4 is 27.6 Å². The van der Waals surface area contributed by atoms with Crippen molar-refractivity contribution in [2.45, 2.75) is 23.9 Å². The fourth-order valence-corrected chi connectivity index (χ4v) is 4.46. The Morgan fingerprint density at radius 2 is 2.30 bits per heavy atom. The van der Waals surface area contributed by atoms with Gasteiger partial charge < -0.3 is 5.11 Å². The van der Waals surface area contributed by atoms with Crippen LogP contribution in [0.3, 0.4) is 0 Å². The lowest BCUT2D eigenvalue weighted by molar-refractivity contribution is -0.133. The summed E-state index contributed by atoms with van der Waals surface area (Å²) < 4.78 is 49.5. The lowest BCUT2D eigenvalue weighted by Gasteiger charge is -2.12. The first-order chi connectivity index (χ1) is 9.28. The lowest BCUT2D eigenvalue weighted by atomic mass is 10.3. The summed E-state index contributed by atoms with van der Waals surface area (Å²) in [5.41, 5.74) is -0.470. The van der Waals surface area contributed by atoms with Crippen LogP contribution in [0.4, 0.5) is 8.78 Å². The normalized spacial score (nSPS) is 21.4. The zero-order valence-electron chi connectivity index (χ0n) is 10.2. The highest BCUT2D eigenvalue weighted by Gasteiger charge is 2.32. The fourth-order valence-electron chi connectivity index (χ4n) is 1.98. The van der Waals surface area contributed by atoms with Gasteiger partial charge in [-0.15, -0.1) is 0 Å². The number of rotatable bonds is 5. The molecule has 1 N–H and O–H groups in total. The molecule has 1 atom stereocenters. The van der Waals surface area contributed by atoms with E-state index in [0.717, 1.165) is 17.8 Å². The molecule has 112 valence electrons. The molecule has 1 fully saturated rings. The summed E-state index contributed by atoms with van der Waals surface area (Å²) in [5, 5.41) is 12.6. The van der Waals surface area contributed by atoms with E-state index in [1.807, 2.05) is 0 Å². The molecule has 1 unspecified atom stereocenters. The molecule has 1 aromatic heterocycles. The molecule has 0 saturated carbocycles. The van der Waals surface area contributed by atoms with Crippen molar-refractivity contribution in [3.63, 3.8) is 0 Å². The van der Waals surface area contributed by atoms with E-state index in [4.69, 9.17) is 5.11 Å². The second-order valence-corrected chi connectivity index (χ2v) is 7.62. The van der Waals surface area contributed by atoms with Crippen LogP contribution >= 0.6 is 11.8 Å². The zero-order valence-corrected chi connectivity index (χ0v) is 11.8. The SMILES string of the molecule is O=C(O)CSc1cc(C(F)F)nn1C1CCS(=O)(=O)C1. The molecule has 0 aliphatic carbocycles. The molecule has 1 aliphatic heterocycles. The Bertz CT molecular complexity index is 615. The maximum absolute atomic E-state index is 12.7.